The summed E-state index contributed by atoms with van der Waals surface area (Å²) in [5.41, 5.74) is 4.29. The van der Waals surface area contributed by atoms with Crippen molar-refractivity contribution in [3.05, 3.63) is 65.2 Å². The predicted octanol–water partition coefficient (Wildman–Crippen LogP) is 3.42. The van der Waals surface area contributed by atoms with Crippen LogP contribution in [0.5, 0.6) is 0 Å². The molecule has 0 radical (unpaired) electrons. The van der Waals surface area contributed by atoms with Crippen LogP contribution in [0.15, 0.2) is 53.8 Å². The summed E-state index contributed by atoms with van der Waals surface area (Å²) in [5.74, 6) is -1.72. The van der Waals surface area contributed by atoms with Crippen molar-refractivity contribution in [2.75, 3.05) is 25.5 Å². The normalized spacial score (nSPS) is 13.9. The van der Waals surface area contributed by atoms with Crippen molar-refractivity contribution >= 4 is 17.6 Å². The number of benzene rings is 1. The molecule has 0 unspecified atom stereocenters. The van der Waals surface area contributed by atoms with Crippen LogP contribution in [0.4, 0.5) is 10.1 Å². The minimum Gasteiger partial charge on any atom is -0.481 e. The maximum absolute atomic E-state index is 14.1. The summed E-state index contributed by atoms with van der Waals surface area (Å²) in [7, 11) is 1.29. The van der Waals surface area contributed by atoms with Crippen LogP contribution in [0, 0.1) is 5.82 Å². The maximum Gasteiger partial charge on any atom is 0.310 e. The molecule has 152 valence electrons. The summed E-state index contributed by atoms with van der Waals surface area (Å²) in [4.78, 5) is 20.2. The molecule has 7 heteroatoms. The molecule has 3 N–H and O–H groups in total. The largest absolute Gasteiger partial charge is 0.481 e. The van der Waals surface area contributed by atoms with E-state index in [1.54, 1.807) is 12.1 Å². The van der Waals surface area contributed by atoms with E-state index in [4.69, 9.17) is 9.90 Å². The van der Waals surface area contributed by atoms with Gasteiger partial charge < -0.3 is 20.5 Å². The number of carboxylic acids is 1. The van der Waals surface area contributed by atoms with Crippen molar-refractivity contribution in [3.63, 3.8) is 0 Å². The highest BCUT2D eigenvalue weighted by Crippen LogP contribution is 2.19. The van der Waals surface area contributed by atoms with Crippen molar-refractivity contribution in [1.82, 2.24) is 5.32 Å². The summed E-state index contributed by atoms with van der Waals surface area (Å²) in [6.45, 7) is 8.63. The number of carbonyl (C=O) groups excluding carboxylic acids is 1. The fourth-order valence-corrected chi connectivity index (χ4v) is 2.62. The first-order chi connectivity index (χ1) is 13.3. The third kappa shape index (κ3) is 8.18. The van der Waals surface area contributed by atoms with E-state index in [9.17, 15) is 9.18 Å². The number of anilines is 1. The monoisotopic (exact) mass is 390 g/mol. The fraction of sp³-hybridized carbons (Fsp3) is 0.333. The van der Waals surface area contributed by atoms with Crippen molar-refractivity contribution < 1.29 is 23.8 Å². The molecule has 1 aliphatic rings. The van der Waals surface area contributed by atoms with Gasteiger partial charge in [0.05, 0.1) is 13.5 Å². The number of hydrogen-bond donors (Lipinski definition) is 3. The Hall–Kier alpha value is -2.93. The van der Waals surface area contributed by atoms with Gasteiger partial charge in [-0.15, -0.1) is 0 Å². The van der Waals surface area contributed by atoms with E-state index in [-0.39, 0.29) is 6.42 Å². The third-order valence-corrected chi connectivity index (χ3v) is 3.89. The molecular weight excluding hydrogens is 363 g/mol. The van der Waals surface area contributed by atoms with Gasteiger partial charge in [0, 0.05) is 24.9 Å². The standard InChI is InChI=1S/C19H23FN2O2.C2H4O2/c1-4-14-7-8-21-12-16(14)9-13(2)22-17-6-5-15(18(20)11-17)10-19(23)24-3;1-2(3)4/h4-6,9,11,21-22H,1,7-8,10,12H2,2-3H3;1H3,(H,3,4)/b13-9+;. The van der Waals surface area contributed by atoms with E-state index in [0.29, 0.717) is 11.3 Å². The second-order valence-corrected chi connectivity index (χ2v) is 6.21. The Kier molecular flexibility index (Phi) is 9.67. The second kappa shape index (κ2) is 11.7. The predicted molar refractivity (Wildman–Crippen MR) is 108 cm³/mol. The summed E-state index contributed by atoms with van der Waals surface area (Å²) in [5, 5.41) is 13.9. The van der Waals surface area contributed by atoms with Crippen LogP contribution in [0.2, 0.25) is 0 Å². The fourth-order valence-electron chi connectivity index (χ4n) is 2.62. The maximum atomic E-state index is 14.1. The zero-order valence-corrected chi connectivity index (χ0v) is 16.5. The number of esters is 1. The number of aliphatic carboxylic acids is 1. The summed E-state index contributed by atoms with van der Waals surface area (Å²) < 4.78 is 18.6. The van der Waals surface area contributed by atoms with Crippen LogP contribution in [0.25, 0.3) is 0 Å². The lowest BCUT2D eigenvalue weighted by Gasteiger charge is -2.18. The van der Waals surface area contributed by atoms with Gasteiger partial charge in [-0.05, 0) is 54.8 Å². The third-order valence-electron chi connectivity index (χ3n) is 3.89. The zero-order valence-electron chi connectivity index (χ0n) is 16.5. The molecule has 6 nitrogen and oxygen atoms in total. The van der Waals surface area contributed by atoms with Gasteiger partial charge in [0.2, 0.25) is 0 Å². The SMILES string of the molecule is C=CC1=C(/C=C(\C)Nc2ccc(CC(=O)OC)c(F)c2)CNCC1.CC(=O)O. The number of carboxylic acid groups (broad SMARTS) is 1. The quantitative estimate of drug-likeness (QED) is 0.645. The van der Waals surface area contributed by atoms with Gasteiger partial charge in [-0.1, -0.05) is 18.7 Å². The Balaban J connectivity index is 0.000000892. The average Bonchev–Trinajstić information content (AvgIpc) is 2.63. The number of carbonyl (C=O) groups is 2. The Morgan fingerprint density at radius 1 is 1.36 bits per heavy atom. The molecule has 1 aromatic carbocycles. The first-order valence-corrected chi connectivity index (χ1v) is 8.82. The van der Waals surface area contributed by atoms with E-state index in [1.165, 1.54) is 24.3 Å². The van der Waals surface area contributed by atoms with Crippen molar-refractivity contribution in [2.45, 2.75) is 26.7 Å². The number of ether oxygens (including phenoxy) is 1. The molecule has 0 bridgehead atoms. The first-order valence-electron chi connectivity index (χ1n) is 8.82. The van der Waals surface area contributed by atoms with Gasteiger partial charge in [-0.3, -0.25) is 9.59 Å². The lowest BCUT2D eigenvalue weighted by atomic mass is 10.0. The highest BCUT2D eigenvalue weighted by Gasteiger charge is 2.10. The van der Waals surface area contributed by atoms with E-state index in [0.717, 1.165) is 32.1 Å². The van der Waals surface area contributed by atoms with Crippen molar-refractivity contribution in [2.24, 2.45) is 0 Å². The molecule has 0 saturated carbocycles. The summed E-state index contributed by atoms with van der Waals surface area (Å²) in [6.07, 6.45) is 4.82. The average molecular weight is 390 g/mol. The number of allylic oxidation sites excluding steroid dienone is 2. The molecule has 1 aromatic rings. The van der Waals surface area contributed by atoms with Gasteiger partial charge in [-0.25, -0.2) is 4.39 Å². The van der Waals surface area contributed by atoms with Crippen LogP contribution >= 0.6 is 0 Å². The first kappa shape index (κ1) is 23.1. The van der Waals surface area contributed by atoms with E-state index >= 15 is 0 Å². The lowest BCUT2D eigenvalue weighted by Crippen LogP contribution is -2.24. The molecule has 0 fully saturated rings. The Labute approximate surface area is 164 Å². The number of halogens is 1. The van der Waals surface area contributed by atoms with Crippen LogP contribution in [0.3, 0.4) is 0 Å². The topological polar surface area (TPSA) is 87.7 Å². The van der Waals surface area contributed by atoms with Crippen LogP contribution < -0.4 is 10.6 Å². The minimum atomic E-state index is -0.833. The Bertz CT molecular complexity index is 781. The van der Waals surface area contributed by atoms with E-state index < -0.39 is 17.8 Å². The molecule has 1 aliphatic heterocycles. The number of methoxy groups -OCH3 is 1. The molecular formula is C21H27FN2O4. The highest BCUT2D eigenvalue weighted by molar-refractivity contribution is 5.72. The minimum absolute atomic E-state index is 0.0707. The van der Waals surface area contributed by atoms with Crippen molar-refractivity contribution in [1.29, 1.82) is 0 Å². The zero-order chi connectivity index (χ0) is 21.1. The van der Waals surface area contributed by atoms with Crippen LogP contribution in [-0.4, -0.2) is 37.2 Å². The van der Waals surface area contributed by atoms with E-state index in [2.05, 4.69) is 21.9 Å². The smallest absolute Gasteiger partial charge is 0.310 e. The summed E-state index contributed by atoms with van der Waals surface area (Å²) >= 11 is 0. The van der Waals surface area contributed by atoms with E-state index in [1.807, 2.05) is 19.1 Å². The lowest BCUT2D eigenvalue weighted by molar-refractivity contribution is -0.140. The van der Waals surface area contributed by atoms with Crippen LogP contribution in [0.1, 0.15) is 25.8 Å². The number of nitrogens with one attached hydrogen (secondary N) is 2. The van der Waals surface area contributed by atoms with Gasteiger partial charge in [-0.2, -0.15) is 0 Å². The molecule has 0 aliphatic carbocycles. The Morgan fingerprint density at radius 3 is 2.61 bits per heavy atom. The molecule has 0 aromatic heterocycles. The van der Waals surface area contributed by atoms with Gasteiger partial charge in [0.15, 0.2) is 0 Å². The molecule has 0 amide bonds. The highest BCUT2D eigenvalue weighted by atomic mass is 19.1. The number of rotatable bonds is 6. The van der Waals surface area contributed by atoms with Crippen molar-refractivity contribution in [3.8, 4) is 0 Å². The van der Waals surface area contributed by atoms with Crippen LogP contribution in [-0.2, 0) is 20.7 Å². The molecule has 28 heavy (non-hydrogen) atoms. The summed E-state index contributed by atoms with van der Waals surface area (Å²) in [6, 6.07) is 4.73. The Morgan fingerprint density at radius 2 is 2.04 bits per heavy atom. The number of hydrogen-bond acceptors (Lipinski definition) is 5. The van der Waals surface area contributed by atoms with Gasteiger partial charge >= 0.3 is 5.97 Å². The van der Waals surface area contributed by atoms with Gasteiger partial charge in [0.25, 0.3) is 5.97 Å². The molecule has 2 rings (SSSR count). The van der Waals surface area contributed by atoms with Gasteiger partial charge in [0.1, 0.15) is 5.82 Å². The molecule has 0 spiro atoms. The molecule has 0 atom stereocenters. The molecule has 1 heterocycles. The second-order valence-electron chi connectivity index (χ2n) is 6.21. The molecule has 0 saturated heterocycles.